The van der Waals surface area contributed by atoms with E-state index in [9.17, 15) is 13.2 Å². The highest BCUT2D eigenvalue weighted by Gasteiger charge is 2.34. The normalized spacial score (nSPS) is 19.3. The van der Waals surface area contributed by atoms with Crippen molar-refractivity contribution in [2.24, 2.45) is 0 Å². The van der Waals surface area contributed by atoms with Crippen molar-refractivity contribution in [3.05, 3.63) is 48.5 Å². The van der Waals surface area contributed by atoms with Gasteiger partial charge in [0.2, 0.25) is 10.0 Å². The molecule has 0 spiro atoms. The smallest absolute Gasteiger partial charge is 0.267 e. The molecule has 9 heteroatoms. The predicted octanol–water partition coefficient (Wildman–Crippen LogP) is 1.69. The molecule has 1 saturated heterocycles. The molecule has 1 fully saturated rings. The van der Waals surface area contributed by atoms with Crippen molar-refractivity contribution in [1.29, 1.82) is 0 Å². The zero-order valence-electron chi connectivity index (χ0n) is 16.1. The Hall–Kier alpha value is -2.78. The molecule has 2 aliphatic heterocycles. The Bertz CT molecular complexity index is 987. The number of morpholine rings is 1. The lowest BCUT2D eigenvalue weighted by Crippen LogP contribution is -2.48. The number of ether oxygens (including phenoxy) is 2. The van der Waals surface area contributed by atoms with E-state index in [0.717, 1.165) is 25.0 Å². The monoisotopic (exact) mass is 417 g/mol. The van der Waals surface area contributed by atoms with Gasteiger partial charge in [-0.3, -0.25) is 9.10 Å². The van der Waals surface area contributed by atoms with Gasteiger partial charge < -0.3 is 19.7 Å². The van der Waals surface area contributed by atoms with Crippen LogP contribution in [0.1, 0.15) is 0 Å². The first-order valence-corrected chi connectivity index (χ1v) is 11.2. The number of rotatable bonds is 4. The SMILES string of the molecule is CS(=O)(=O)N1C[C@@H](C(=O)Nc2ccc(N3CCOCC3)cc2)Oc2ccccc21. The standard InChI is InChI=1S/C20H23N3O5S/c1-29(25,26)23-14-19(28-18-5-3-2-4-17(18)23)20(24)21-15-6-8-16(9-7-15)22-10-12-27-13-11-22/h2-9,19H,10-14H2,1H3,(H,21,24)/t19-/m0/s1. The largest absolute Gasteiger partial charge is 0.476 e. The molecule has 1 N–H and O–H groups in total. The second-order valence-electron chi connectivity index (χ2n) is 7.00. The Labute approximate surface area is 170 Å². The number of sulfonamides is 1. The quantitative estimate of drug-likeness (QED) is 0.815. The van der Waals surface area contributed by atoms with Gasteiger partial charge in [0.15, 0.2) is 6.10 Å². The molecule has 1 amide bonds. The second-order valence-corrected chi connectivity index (χ2v) is 8.91. The third-order valence-electron chi connectivity index (χ3n) is 4.94. The summed E-state index contributed by atoms with van der Waals surface area (Å²) in [6.07, 6.45) is 0.174. The van der Waals surface area contributed by atoms with Crippen LogP contribution < -0.4 is 19.3 Å². The van der Waals surface area contributed by atoms with Gasteiger partial charge >= 0.3 is 0 Å². The number of anilines is 3. The molecule has 2 aromatic carbocycles. The molecule has 8 nitrogen and oxygen atoms in total. The summed E-state index contributed by atoms with van der Waals surface area (Å²) in [5, 5.41) is 2.82. The van der Waals surface area contributed by atoms with Crippen LogP contribution in [0.4, 0.5) is 17.1 Å². The van der Waals surface area contributed by atoms with Gasteiger partial charge in [0.1, 0.15) is 5.75 Å². The number of hydrogen-bond acceptors (Lipinski definition) is 6. The number of carbonyl (C=O) groups excluding carboxylic acids is 1. The molecule has 0 unspecified atom stereocenters. The lowest BCUT2D eigenvalue weighted by Gasteiger charge is -2.33. The van der Waals surface area contributed by atoms with E-state index in [1.165, 1.54) is 4.31 Å². The molecule has 29 heavy (non-hydrogen) atoms. The van der Waals surface area contributed by atoms with Gasteiger partial charge in [-0.15, -0.1) is 0 Å². The first kappa shape index (κ1) is 19.5. The van der Waals surface area contributed by atoms with Crippen molar-refractivity contribution in [3.8, 4) is 5.75 Å². The minimum Gasteiger partial charge on any atom is -0.476 e. The molecule has 2 heterocycles. The number of benzene rings is 2. The van der Waals surface area contributed by atoms with E-state index >= 15 is 0 Å². The molecule has 0 saturated carbocycles. The van der Waals surface area contributed by atoms with Gasteiger partial charge in [0.25, 0.3) is 5.91 Å². The summed E-state index contributed by atoms with van der Waals surface area (Å²) in [6, 6.07) is 14.3. The topological polar surface area (TPSA) is 88.2 Å². The second kappa shape index (κ2) is 7.92. The summed E-state index contributed by atoms with van der Waals surface area (Å²) < 4.78 is 36.7. The zero-order valence-corrected chi connectivity index (χ0v) is 16.9. The minimum absolute atomic E-state index is 0.0759. The van der Waals surface area contributed by atoms with E-state index in [1.807, 2.05) is 24.3 Å². The van der Waals surface area contributed by atoms with Crippen molar-refractivity contribution in [3.63, 3.8) is 0 Å². The summed E-state index contributed by atoms with van der Waals surface area (Å²) in [7, 11) is -3.54. The molecule has 0 radical (unpaired) electrons. The first-order chi connectivity index (χ1) is 13.9. The number of carbonyl (C=O) groups is 1. The molecule has 0 aromatic heterocycles. The molecular formula is C20H23N3O5S. The van der Waals surface area contributed by atoms with Gasteiger partial charge in [0, 0.05) is 24.5 Å². The molecule has 154 valence electrons. The molecular weight excluding hydrogens is 394 g/mol. The highest BCUT2D eigenvalue weighted by atomic mass is 32.2. The van der Waals surface area contributed by atoms with E-state index < -0.39 is 22.0 Å². The Balaban J connectivity index is 1.47. The van der Waals surface area contributed by atoms with Gasteiger partial charge in [-0.2, -0.15) is 0 Å². The Morgan fingerprint density at radius 3 is 2.45 bits per heavy atom. The summed E-state index contributed by atoms with van der Waals surface area (Å²) in [5.74, 6) is -0.0285. The average Bonchev–Trinajstić information content (AvgIpc) is 2.73. The predicted molar refractivity (Wildman–Crippen MR) is 111 cm³/mol. The van der Waals surface area contributed by atoms with Crippen molar-refractivity contribution >= 4 is 33.0 Å². The molecule has 2 aliphatic rings. The highest BCUT2D eigenvalue weighted by Crippen LogP contribution is 2.34. The maximum atomic E-state index is 12.8. The van der Waals surface area contributed by atoms with Gasteiger partial charge in [-0.05, 0) is 36.4 Å². The van der Waals surface area contributed by atoms with Gasteiger partial charge in [0.05, 0.1) is 31.7 Å². The van der Waals surface area contributed by atoms with Crippen LogP contribution in [0.25, 0.3) is 0 Å². The van der Waals surface area contributed by atoms with Crippen molar-refractivity contribution in [2.45, 2.75) is 6.10 Å². The third kappa shape index (κ3) is 4.30. The summed E-state index contributed by atoms with van der Waals surface area (Å²) in [4.78, 5) is 15.0. The Morgan fingerprint density at radius 1 is 1.07 bits per heavy atom. The maximum Gasteiger partial charge on any atom is 0.267 e. The number of amides is 1. The van der Waals surface area contributed by atoms with E-state index in [4.69, 9.17) is 9.47 Å². The fraction of sp³-hybridized carbons (Fsp3) is 0.350. The van der Waals surface area contributed by atoms with Crippen LogP contribution in [0.15, 0.2) is 48.5 Å². The molecule has 0 bridgehead atoms. The summed E-state index contributed by atoms with van der Waals surface area (Å²) in [6.45, 7) is 3.00. The number of para-hydroxylation sites is 2. The fourth-order valence-corrected chi connectivity index (χ4v) is 4.37. The summed E-state index contributed by atoms with van der Waals surface area (Å²) in [5.41, 5.74) is 2.13. The van der Waals surface area contributed by atoms with Crippen molar-refractivity contribution in [2.75, 3.05) is 53.6 Å². The highest BCUT2D eigenvalue weighted by molar-refractivity contribution is 7.92. The maximum absolute atomic E-state index is 12.8. The van der Waals surface area contributed by atoms with Crippen LogP contribution in [-0.2, 0) is 19.6 Å². The molecule has 2 aromatic rings. The van der Waals surface area contributed by atoms with Crippen molar-refractivity contribution < 1.29 is 22.7 Å². The first-order valence-electron chi connectivity index (χ1n) is 9.39. The van der Waals surface area contributed by atoms with Crippen LogP contribution in [0.2, 0.25) is 0 Å². The minimum atomic E-state index is -3.54. The number of nitrogens with zero attached hydrogens (tertiary/aromatic N) is 2. The zero-order chi connectivity index (χ0) is 20.4. The van der Waals surface area contributed by atoms with Crippen molar-refractivity contribution in [1.82, 2.24) is 0 Å². The van der Waals surface area contributed by atoms with E-state index in [0.29, 0.717) is 30.3 Å². The van der Waals surface area contributed by atoms with Gasteiger partial charge in [-0.1, -0.05) is 12.1 Å². The average molecular weight is 417 g/mol. The van der Waals surface area contributed by atoms with E-state index in [-0.39, 0.29) is 6.54 Å². The van der Waals surface area contributed by atoms with E-state index in [1.54, 1.807) is 24.3 Å². The third-order valence-corrected chi connectivity index (χ3v) is 6.09. The van der Waals surface area contributed by atoms with Crippen LogP contribution in [0, 0.1) is 0 Å². The lowest BCUT2D eigenvalue weighted by molar-refractivity contribution is -0.122. The fourth-order valence-electron chi connectivity index (χ4n) is 3.45. The molecule has 1 atom stereocenters. The molecule has 4 rings (SSSR count). The van der Waals surface area contributed by atoms with Crippen LogP contribution in [0.5, 0.6) is 5.75 Å². The van der Waals surface area contributed by atoms with Crippen LogP contribution in [0.3, 0.4) is 0 Å². The number of nitrogens with one attached hydrogen (secondary N) is 1. The number of fused-ring (bicyclic) bond motifs is 1. The number of hydrogen-bond donors (Lipinski definition) is 1. The van der Waals surface area contributed by atoms with Crippen LogP contribution in [-0.4, -0.2) is 59.5 Å². The van der Waals surface area contributed by atoms with Gasteiger partial charge in [-0.25, -0.2) is 8.42 Å². The van der Waals surface area contributed by atoms with Crippen LogP contribution >= 0.6 is 0 Å². The van der Waals surface area contributed by atoms with E-state index in [2.05, 4.69) is 10.2 Å². The Morgan fingerprint density at radius 2 is 1.76 bits per heavy atom. The summed E-state index contributed by atoms with van der Waals surface area (Å²) >= 11 is 0. The molecule has 0 aliphatic carbocycles. The Kier molecular flexibility index (Phi) is 5.33. The lowest BCUT2D eigenvalue weighted by atomic mass is 10.2.